The first kappa shape index (κ1) is 17.0. The van der Waals surface area contributed by atoms with Crippen LogP contribution < -0.4 is 15.0 Å². The number of aromatic nitrogens is 1. The number of carbonyl (C=O) groups excluding carboxylic acids is 1. The lowest BCUT2D eigenvalue weighted by Gasteiger charge is -2.31. The molecular weight excluding hydrogens is 345 g/mol. The van der Waals surface area contributed by atoms with Crippen LogP contribution in [0.2, 0.25) is 0 Å². The molecule has 0 atom stereocenters. The van der Waals surface area contributed by atoms with Crippen molar-refractivity contribution in [3.63, 3.8) is 0 Å². The van der Waals surface area contributed by atoms with Crippen LogP contribution in [0.4, 0.5) is 10.1 Å². The number of benzene rings is 2. The lowest BCUT2D eigenvalue weighted by Crippen LogP contribution is -2.42. The van der Waals surface area contributed by atoms with Crippen LogP contribution in [0, 0.1) is 5.82 Å². The predicted molar refractivity (Wildman–Crippen MR) is 99.9 cm³/mol. The molecule has 2 aromatic carbocycles. The number of ether oxygens (including phenoxy) is 1. The third-order valence-electron chi connectivity index (χ3n) is 4.37. The van der Waals surface area contributed by atoms with Gasteiger partial charge in [0.25, 0.3) is 5.91 Å². The summed E-state index contributed by atoms with van der Waals surface area (Å²) in [5.41, 5.74) is 3.32. The van der Waals surface area contributed by atoms with E-state index in [-0.39, 0.29) is 18.3 Å². The van der Waals surface area contributed by atoms with Crippen molar-refractivity contribution >= 4 is 11.6 Å². The summed E-state index contributed by atoms with van der Waals surface area (Å²) in [7, 11) is 0. The molecule has 1 amide bonds. The summed E-state index contributed by atoms with van der Waals surface area (Å²) < 4.78 is 19.0. The van der Waals surface area contributed by atoms with Gasteiger partial charge in [-0.15, -0.1) is 0 Å². The van der Waals surface area contributed by atoms with Gasteiger partial charge < -0.3 is 15.0 Å². The highest BCUT2D eigenvalue weighted by Gasteiger charge is 2.21. The maximum atomic E-state index is 13.3. The maximum Gasteiger partial charge on any atom is 0.254 e. The Balaban J connectivity index is 1.47. The molecule has 0 bridgehead atoms. The van der Waals surface area contributed by atoms with Crippen molar-refractivity contribution in [2.24, 2.45) is 0 Å². The van der Waals surface area contributed by atoms with Crippen LogP contribution in [-0.2, 0) is 13.2 Å². The second kappa shape index (κ2) is 7.45. The number of hydrogen-bond donors (Lipinski definition) is 1. The van der Waals surface area contributed by atoms with Gasteiger partial charge in [0.05, 0.1) is 17.9 Å². The summed E-state index contributed by atoms with van der Waals surface area (Å²) in [6.07, 6.45) is 1.69. The molecular formula is C21H18FN3O2. The number of rotatable bonds is 5. The molecule has 0 spiro atoms. The first-order chi connectivity index (χ1) is 13.2. The quantitative estimate of drug-likeness (QED) is 0.754. The first-order valence-electron chi connectivity index (χ1n) is 8.63. The van der Waals surface area contributed by atoms with Gasteiger partial charge >= 0.3 is 0 Å². The smallest absolute Gasteiger partial charge is 0.254 e. The molecule has 0 unspecified atom stereocenters. The zero-order chi connectivity index (χ0) is 18.6. The minimum absolute atomic E-state index is 0.0595. The molecule has 0 radical (unpaired) electrons. The van der Waals surface area contributed by atoms with E-state index in [0.717, 1.165) is 16.8 Å². The van der Waals surface area contributed by atoms with E-state index in [4.69, 9.17) is 4.74 Å². The fourth-order valence-corrected chi connectivity index (χ4v) is 3.06. The third-order valence-corrected chi connectivity index (χ3v) is 4.37. The van der Waals surface area contributed by atoms with Gasteiger partial charge in [0.2, 0.25) is 5.88 Å². The summed E-state index contributed by atoms with van der Waals surface area (Å²) >= 11 is 0. The Morgan fingerprint density at radius 2 is 1.96 bits per heavy atom. The van der Waals surface area contributed by atoms with E-state index in [1.165, 1.54) is 12.1 Å². The Labute approximate surface area is 156 Å². The number of pyridine rings is 1. The second-order valence-corrected chi connectivity index (χ2v) is 6.30. The van der Waals surface area contributed by atoms with Gasteiger partial charge in [-0.1, -0.05) is 24.3 Å². The van der Waals surface area contributed by atoms with Gasteiger partial charge in [-0.05, 0) is 41.5 Å². The largest absolute Gasteiger partial charge is 0.473 e. The van der Waals surface area contributed by atoms with E-state index < -0.39 is 0 Å². The second-order valence-electron chi connectivity index (χ2n) is 6.30. The number of nitrogens with one attached hydrogen (secondary N) is 1. The lowest BCUT2D eigenvalue weighted by molar-refractivity contribution is 0.0947. The van der Waals surface area contributed by atoms with Crippen molar-refractivity contribution in [1.82, 2.24) is 10.3 Å². The zero-order valence-electron chi connectivity index (χ0n) is 14.6. The highest BCUT2D eigenvalue weighted by atomic mass is 19.1. The van der Waals surface area contributed by atoms with Gasteiger partial charge in [-0.3, -0.25) is 4.79 Å². The van der Waals surface area contributed by atoms with Crippen molar-refractivity contribution in [2.45, 2.75) is 13.2 Å². The van der Waals surface area contributed by atoms with Crippen LogP contribution >= 0.6 is 0 Å². The monoisotopic (exact) mass is 363 g/mol. The number of hydrogen-bond acceptors (Lipinski definition) is 4. The molecule has 136 valence electrons. The molecule has 1 aromatic heterocycles. The summed E-state index contributed by atoms with van der Waals surface area (Å²) in [5, 5.41) is 2.88. The molecule has 5 nitrogen and oxygen atoms in total. The van der Waals surface area contributed by atoms with E-state index in [2.05, 4.69) is 15.2 Å². The van der Waals surface area contributed by atoms with E-state index in [1.807, 2.05) is 36.4 Å². The van der Waals surface area contributed by atoms with E-state index >= 15 is 0 Å². The Bertz CT molecular complexity index is 977. The minimum Gasteiger partial charge on any atom is -0.473 e. The van der Waals surface area contributed by atoms with Crippen molar-refractivity contribution < 1.29 is 13.9 Å². The molecule has 4 rings (SSSR count). The average Bonchev–Trinajstić information content (AvgIpc) is 2.69. The van der Waals surface area contributed by atoms with E-state index in [1.54, 1.807) is 18.3 Å². The van der Waals surface area contributed by atoms with Crippen LogP contribution in [-0.4, -0.2) is 17.6 Å². The maximum absolute atomic E-state index is 13.3. The molecule has 27 heavy (non-hydrogen) atoms. The summed E-state index contributed by atoms with van der Waals surface area (Å²) in [6.45, 7) is 1.30. The standard InChI is InChI=1S/C21H18FN3O2/c22-17-5-3-4-16(10-17)13-27-20-11-15(8-9-23-20)12-25-14-24-21(26)18-6-1-2-7-19(18)25/h1-11H,12-14H2,(H,24,26). The molecule has 0 fully saturated rings. The Hall–Kier alpha value is -3.41. The molecule has 1 N–H and O–H groups in total. The van der Waals surface area contributed by atoms with Crippen molar-refractivity contribution in [1.29, 1.82) is 0 Å². The lowest BCUT2D eigenvalue weighted by atomic mass is 10.1. The molecule has 1 aliphatic heterocycles. The van der Waals surface area contributed by atoms with Gasteiger partial charge in [-0.25, -0.2) is 9.37 Å². The van der Waals surface area contributed by atoms with Crippen molar-refractivity contribution in [3.05, 3.63) is 89.4 Å². The third kappa shape index (κ3) is 3.89. The van der Waals surface area contributed by atoms with Crippen LogP contribution in [0.1, 0.15) is 21.5 Å². The van der Waals surface area contributed by atoms with Gasteiger partial charge in [0.1, 0.15) is 12.4 Å². The van der Waals surface area contributed by atoms with Gasteiger partial charge in [0.15, 0.2) is 0 Å². The number of nitrogens with zero attached hydrogens (tertiary/aromatic N) is 2. The SMILES string of the molecule is O=C1NCN(Cc2ccnc(OCc3cccc(F)c3)c2)c2ccccc21. The van der Waals surface area contributed by atoms with Crippen LogP contribution in [0.5, 0.6) is 5.88 Å². The molecule has 1 aliphatic rings. The molecule has 6 heteroatoms. The van der Waals surface area contributed by atoms with Crippen LogP contribution in [0.25, 0.3) is 0 Å². The fourth-order valence-electron chi connectivity index (χ4n) is 3.06. The fraction of sp³-hybridized carbons (Fsp3) is 0.143. The van der Waals surface area contributed by atoms with E-state index in [9.17, 15) is 9.18 Å². The topological polar surface area (TPSA) is 54.5 Å². The molecule has 0 saturated carbocycles. The van der Waals surface area contributed by atoms with Gasteiger partial charge in [-0.2, -0.15) is 0 Å². The number of carbonyl (C=O) groups is 1. The molecule has 3 aromatic rings. The number of amides is 1. The highest BCUT2D eigenvalue weighted by Crippen LogP contribution is 2.25. The molecule has 0 aliphatic carbocycles. The minimum atomic E-state index is -0.288. The first-order valence-corrected chi connectivity index (χ1v) is 8.63. The number of para-hydroxylation sites is 1. The number of anilines is 1. The normalized spacial score (nSPS) is 13.1. The van der Waals surface area contributed by atoms with E-state index in [0.29, 0.717) is 24.7 Å². The number of halogens is 1. The van der Waals surface area contributed by atoms with Crippen LogP contribution in [0.15, 0.2) is 66.9 Å². The molecule has 0 saturated heterocycles. The summed E-state index contributed by atoms with van der Waals surface area (Å²) in [5.74, 6) is 0.130. The van der Waals surface area contributed by atoms with Gasteiger partial charge in [0, 0.05) is 18.8 Å². The Morgan fingerprint density at radius 1 is 1.07 bits per heavy atom. The molecule has 2 heterocycles. The van der Waals surface area contributed by atoms with Crippen LogP contribution in [0.3, 0.4) is 0 Å². The van der Waals surface area contributed by atoms with Crippen molar-refractivity contribution in [2.75, 3.05) is 11.6 Å². The Morgan fingerprint density at radius 3 is 2.85 bits per heavy atom. The zero-order valence-corrected chi connectivity index (χ0v) is 14.6. The summed E-state index contributed by atoms with van der Waals surface area (Å²) in [4.78, 5) is 18.3. The van der Waals surface area contributed by atoms with Crippen molar-refractivity contribution in [3.8, 4) is 5.88 Å². The Kier molecular flexibility index (Phi) is 4.70. The number of fused-ring (bicyclic) bond motifs is 1. The average molecular weight is 363 g/mol. The highest BCUT2D eigenvalue weighted by molar-refractivity contribution is 6.01. The summed E-state index contributed by atoms with van der Waals surface area (Å²) in [6, 6.07) is 17.6. The predicted octanol–water partition coefficient (Wildman–Crippen LogP) is 3.51.